The van der Waals surface area contributed by atoms with Crippen LogP contribution in [0.3, 0.4) is 0 Å². The third-order valence-electron chi connectivity index (χ3n) is 3.25. The Labute approximate surface area is 108 Å². The number of methoxy groups -OCH3 is 1. The summed E-state index contributed by atoms with van der Waals surface area (Å²) in [5.74, 6) is 2.17. The van der Waals surface area contributed by atoms with E-state index in [0.29, 0.717) is 12.5 Å². The maximum absolute atomic E-state index is 9.16. The van der Waals surface area contributed by atoms with E-state index in [1.807, 2.05) is 24.3 Å². The van der Waals surface area contributed by atoms with Gasteiger partial charge in [0.15, 0.2) is 11.5 Å². The van der Waals surface area contributed by atoms with Crippen LogP contribution in [0.1, 0.15) is 12.8 Å². The van der Waals surface area contributed by atoms with Crippen molar-refractivity contribution in [3.63, 3.8) is 0 Å². The largest absolute Gasteiger partial charge is 0.493 e. The van der Waals surface area contributed by atoms with Gasteiger partial charge in [-0.05, 0) is 37.4 Å². The van der Waals surface area contributed by atoms with Gasteiger partial charge in [0.05, 0.1) is 13.2 Å². The van der Waals surface area contributed by atoms with E-state index in [-0.39, 0.29) is 6.10 Å². The number of ether oxygens (including phenoxy) is 2. The summed E-state index contributed by atoms with van der Waals surface area (Å²) in [6, 6.07) is 7.65. The summed E-state index contributed by atoms with van der Waals surface area (Å²) < 4.78 is 10.9. The molecule has 0 aromatic heterocycles. The molecule has 0 unspecified atom stereocenters. The number of hydrogen-bond acceptors (Lipinski definition) is 4. The average Bonchev–Trinajstić information content (AvgIpc) is 2.36. The molecule has 0 heterocycles. The van der Waals surface area contributed by atoms with Crippen LogP contribution < -0.4 is 14.8 Å². The van der Waals surface area contributed by atoms with E-state index in [9.17, 15) is 0 Å². The predicted molar refractivity (Wildman–Crippen MR) is 70.1 cm³/mol. The normalized spacial score (nSPS) is 22.3. The van der Waals surface area contributed by atoms with Crippen molar-refractivity contribution >= 4 is 0 Å². The van der Waals surface area contributed by atoms with Crippen molar-refractivity contribution in [1.82, 2.24) is 5.32 Å². The van der Waals surface area contributed by atoms with Crippen molar-refractivity contribution in [2.24, 2.45) is 5.92 Å². The van der Waals surface area contributed by atoms with E-state index >= 15 is 0 Å². The van der Waals surface area contributed by atoms with Crippen molar-refractivity contribution in [1.29, 1.82) is 0 Å². The molecule has 0 atom stereocenters. The third-order valence-corrected chi connectivity index (χ3v) is 3.25. The Kier molecular flexibility index (Phi) is 4.84. The smallest absolute Gasteiger partial charge is 0.161 e. The number of para-hydroxylation sites is 2. The first-order valence-corrected chi connectivity index (χ1v) is 6.44. The quantitative estimate of drug-likeness (QED) is 0.720. The third kappa shape index (κ3) is 3.62. The Hall–Kier alpha value is -1.26. The molecule has 0 aliphatic heterocycles. The molecule has 0 radical (unpaired) electrons. The second-order valence-corrected chi connectivity index (χ2v) is 4.69. The highest BCUT2D eigenvalue weighted by Crippen LogP contribution is 2.26. The Bertz CT molecular complexity index is 364. The van der Waals surface area contributed by atoms with Gasteiger partial charge in [-0.1, -0.05) is 12.1 Å². The van der Waals surface area contributed by atoms with E-state index in [0.717, 1.165) is 37.4 Å². The van der Waals surface area contributed by atoms with E-state index in [1.165, 1.54) is 0 Å². The number of rotatable bonds is 7. The van der Waals surface area contributed by atoms with Crippen molar-refractivity contribution < 1.29 is 14.6 Å². The zero-order chi connectivity index (χ0) is 12.8. The highest BCUT2D eigenvalue weighted by atomic mass is 16.5. The fraction of sp³-hybridized carbons (Fsp3) is 0.571. The minimum Gasteiger partial charge on any atom is -0.493 e. The molecule has 1 aliphatic rings. The summed E-state index contributed by atoms with van der Waals surface area (Å²) in [4.78, 5) is 0. The second-order valence-electron chi connectivity index (χ2n) is 4.69. The molecule has 1 aromatic rings. The number of aliphatic hydroxyl groups is 1. The molecule has 1 fully saturated rings. The summed E-state index contributed by atoms with van der Waals surface area (Å²) in [6.45, 7) is 2.40. The number of hydrogen-bond donors (Lipinski definition) is 2. The monoisotopic (exact) mass is 251 g/mol. The molecule has 4 heteroatoms. The lowest BCUT2D eigenvalue weighted by atomic mass is 9.82. The van der Waals surface area contributed by atoms with Crippen LogP contribution in [0.15, 0.2) is 24.3 Å². The van der Waals surface area contributed by atoms with Crippen molar-refractivity contribution in [2.75, 3.05) is 26.8 Å². The molecule has 1 aliphatic carbocycles. The topological polar surface area (TPSA) is 50.7 Å². The minimum atomic E-state index is -0.0679. The van der Waals surface area contributed by atoms with E-state index in [2.05, 4.69) is 5.32 Å². The van der Waals surface area contributed by atoms with Crippen molar-refractivity contribution in [2.45, 2.75) is 18.9 Å². The van der Waals surface area contributed by atoms with Crippen molar-refractivity contribution in [3.05, 3.63) is 24.3 Å². The van der Waals surface area contributed by atoms with Gasteiger partial charge in [-0.3, -0.25) is 0 Å². The highest BCUT2D eigenvalue weighted by Gasteiger charge is 2.26. The first-order valence-electron chi connectivity index (χ1n) is 6.44. The van der Waals surface area contributed by atoms with Gasteiger partial charge in [0.25, 0.3) is 0 Å². The fourth-order valence-electron chi connectivity index (χ4n) is 2.14. The Morgan fingerprint density at radius 3 is 2.67 bits per heavy atom. The van der Waals surface area contributed by atoms with Gasteiger partial charge in [-0.25, -0.2) is 0 Å². The summed E-state index contributed by atoms with van der Waals surface area (Å²) in [5.41, 5.74) is 0. The van der Waals surface area contributed by atoms with Crippen LogP contribution in [-0.4, -0.2) is 38.0 Å². The van der Waals surface area contributed by atoms with Crippen LogP contribution in [0.2, 0.25) is 0 Å². The minimum absolute atomic E-state index is 0.0679. The zero-order valence-corrected chi connectivity index (χ0v) is 10.8. The fourth-order valence-corrected chi connectivity index (χ4v) is 2.14. The van der Waals surface area contributed by atoms with E-state index in [1.54, 1.807) is 7.11 Å². The Balaban J connectivity index is 1.60. The number of aliphatic hydroxyl groups excluding tert-OH is 1. The van der Waals surface area contributed by atoms with Crippen molar-refractivity contribution in [3.8, 4) is 11.5 Å². The van der Waals surface area contributed by atoms with Crippen LogP contribution >= 0.6 is 0 Å². The number of nitrogens with one attached hydrogen (secondary N) is 1. The Morgan fingerprint density at radius 1 is 1.28 bits per heavy atom. The molecule has 0 bridgehead atoms. The molecule has 0 spiro atoms. The van der Waals surface area contributed by atoms with Gasteiger partial charge >= 0.3 is 0 Å². The lowest BCUT2D eigenvalue weighted by Gasteiger charge is -2.31. The van der Waals surface area contributed by atoms with Crippen LogP contribution in [0.5, 0.6) is 11.5 Å². The van der Waals surface area contributed by atoms with Gasteiger partial charge < -0.3 is 19.9 Å². The molecule has 1 saturated carbocycles. The van der Waals surface area contributed by atoms with Gasteiger partial charge in [0, 0.05) is 6.54 Å². The standard InChI is InChI=1S/C14H21NO3/c1-17-13-4-2-3-5-14(13)18-7-6-15-10-11-8-12(16)9-11/h2-5,11-12,15-16H,6-10H2,1H3. The number of benzene rings is 1. The second kappa shape index (κ2) is 6.61. The molecular weight excluding hydrogens is 230 g/mol. The molecule has 4 nitrogen and oxygen atoms in total. The first-order chi connectivity index (χ1) is 8.79. The van der Waals surface area contributed by atoms with Gasteiger partial charge in [0.2, 0.25) is 0 Å². The van der Waals surface area contributed by atoms with Crippen LogP contribution in [0, 0.1) is 5.92 Å². The summed E-state index contributed by atoms with van der Waals surface area (Å²) in [7, 11) is 1.64. The zero-order valence-electron chi connectivity index (χ0n) is 10.8. The van der Waals surface area contributed by atoms with Gasteiger partial charge in [-0.2, -0.15) is 0 Å². The summed E-state index contributed by atoms with van der Waals surface area (Å²) >= 11 is 0. The van der Waals surface area contributed by atoms with Crippen LogP contribution in [0.25, 0.3) is 0 Å². The SMILES string of the molecule is COc1ccccc1OCCNCC1CC(O)C1. The molecule has 100 valence electrons. The van der Waals surface area contributed by atoms with E-state index in [4.69, 9.17) is 14.6 Å². The first kappa shape index (κ1) is 13.2. The molecule has 2 N–H and O–H groups in total. The Morgan fingerprint density at radius 2 is 2.00 bits per heavy atom. The maximum atomic E-state index is 9.16. The molecule has 2 rings (SSSR count). The summed E-state index contributed by atoms with van der Waals surface area (Å²) in [6.07, 6.45) is 1.79. The highest BCUT2D eigenvalue weighted by molar-refractivity contribution is 5.39. The lowest BCUT2D eigenvalue weighted by molar-refractivity contribution is 0.0428. The molecule has 1 aromatic carbocycles. The van der Waals surface area contributed by atoms with E-state index < -0.39 is 0 Å². The predicted octanol–water partition coefficient (Wildman–Crippen LogP) is 1.43. The maximum Gasteiger partial charge on any atom is 0.161 e. The van der Waals surface area contributed by atoms with Crippen LogP contribution in [0.4, 0.5) is 0 Å². The lowest BCUT2D eigenvalue weighted by Crippen LogP contribution is -2.37. The average molecular weight is 251 g/mol. The molecule has 18 heavy (non-hydrogen) atoms. The van der Waals surface area contributed by atoms with Gasteiger partial charge in [0.1, 0.15) is 6.61 Å². The van der Waals surface area contributed by atoms with Crippen LogP contribution in [-0.2, 0) is 0 Å². The molecule has 0 amide bonds. The molecular formula is C14H21NO3. The van der Waals surface area contributed by atoms with Gasteiger partial charge in [-0.15, -0.1) is 0 Å². The molecule has 0 saturated heterocycles. The summed E-state index contributed by atoms with van der Waals surface area (Å²) in [5, 5.41) is 12.5.